The maximum absolute atomic E-state index is 12.7. The summed E-state index contributed by atoms with van der Waals surface area (Å²) in [7, 11) is 0. The van der Waals surface area contributed by atoms with Crippen molar-refractivity contribution in [1.29, 1.82) is 0 Å². The van der Waals surface area contributed by atoms with Crippen LogP contribution in [-0.4, -0.2) is 5.11 Å². The normalized spacial score (nSPS) is 21.7. The summed E-state index contributed by atoms with van der Waals surface area (Å²) < 4.78 is 38.1. The zero-order chi connectivity index (χ0) is 18.1. The molecule has 25 heavy (non-hydrogen) atoms. The molecule has 1 aliphatic rings. The second-order valence-electron chi connectivity index (χ2n) is 6.62. The molecule has 0 radical (unpaired) electrons. The Bertz CT molecular complexity index is 788. The van der Waals surface area contributed by atoms with Crippen molar-refractivity contribution in [1.82, 2.24) is 0 Å². The van der Waals surface area contributed by atoms with Crippen LogP contribution in [0.4, 0.5) is 13.2 Å². The van der Waals surface area contributed by atoms with Crippen LogP contribution in [0.25, 0.3) is 5.57 Å². The number of aliphatic hydroxyl groups excluding tert-OH is 1. The Morgan fingerprint density at radius 3 is 2.24 bits per heavy atom. The molecular formula is C21H19F3O. The van der Waals surface area contributed by atoms with Gasteiger partial charge in [-0.25, -0.2) is 0 Å². The van der Waals surface area contributed by atoms with Crippen LogP contribution in [0, 0.1) is 5.41 Å². The largest absolute Gasteiger partial charge is 0.416 e. The molecular weight excluding hydrogens is 325 g/mol. The molecule has 0 fully saturated rings. The highest BCUT2D eigenvalue weighted by Crippen LogP contribution is 2.45. The number of rotatable bonds is 3. The number of hydrogen-bond donors (Lipinski definition) is 1. The Morgan fingerprint density at radius 2 is 1.64 bits per heavy atom. The molecule has 0 unspecified atom stereocenters. The third-order valence-electron chi connectivity index (χ3n) is 4.67. The molecule has 0 aliphatic heterocycles. The average Bonchev–Trinajstić information content (AvgIpc) is 2.61. The summed E-state index contributed by atoms with van der Waals surface area (Å²) in [5, 5.41) is 10.8. The lowest BCUT2D eigenvalue weighted by atomic mass is 9.72. The van der Waals surface area contributed by atoms with Gasteiger partial charge in [0.1, 0.15) is 0 Å². The Hall–Kier alpha value is -2.33. The third kappa shape index (κ3) is 3.69. The summed E-state index contributed by atoms with van der Waals surface area (Å²) >= 11 is 0. The highest BCUT2D eigenvalue weighted by Gasteiger charge is 2.35. The van der Waals surface area contributed by atoms with Crippen molar-refractivity contribution >= 4 is 5.57 Å². The lowest BCUT2D eigenvalue weighted by Crippen LogP contribution is -2.25. The van der Waals surface area contributed by atoms with Crippen LogP contribution in [0.3, 0.4) is 0 Å². The molecule has 2 atom stereocenters. The average molecular weight is 344 g/mol. The van der Waals surface area contributed by atoms with Gasteiger partial charge in [0.15, 0.2) is 0 Å². The lowest BCUT2D eigenvalue weighted by molar-refractivity contribution is -0.137. The van der Waals surface area contributed by atoms with E-state index in [0.717, 1.165) is 23.3 Å². The van der Waals surface area contributed by atoms with Crippen LogP contribution in [0.5, 0.6) is 0 Å². The molecule has 2 aromatic carbocycles. The van der Waals surface area contributed by atoms with Gasteiger partial charge in [0.2, 0.25) is 0 Å². The first kappa shape index (κ1) is 17.5. The van der Waals surface area contributed by atoms with Crippen molar-refractivity contribution in [2.24, 2.45) is 5.41 Å². The standard InChI is InChI=1S/C21H19F3O/c1-20(13-5-8-17(14-20)15-6-3-2-4-7-15)19(25)16-9-11-18(12-10-16)21(22,23)24/h2-13,19,25H,14H2,1H3/t19-,20+/m0/s1. The molecule has 1 nitrogen and oxygen atoms in total. The van der Waals surface area contributed by atoms with Crippen LogP contribution >= 0.6 is 0 Å². The fraction of sp³-hybridized carbons (Fsp3) is 0.238. The zero-order valence-electron chi connectivity index (χ0n) is 13.8. The van der Waals surface area contributed by atoms with E-state index in [1.807, 2.05) is 55.5 Å². The summed E-state index contributed by atoms with van der Waals surface area (Å²) in [4.78, 5) is 0. The monoisotopic (exact) mass is 344 g/mol. The zero-order valence-corrected chi connectivity index (χ0v) is 13.8. The Labute approximate surface area is 145 Å². The number of halogens is 3. The highest BCUT2D eigenvalue weighted by atomic mass is 19.4. The van der Waals surface area contributed by atoms with Gasteiger partial charge in [0.05, 0.1) is 11.7 Å². The number of allylic oxidation sites excluding steroid dienone is 3. The van der Waals surface area contributed by atoms with Crippen LogP contribution in [0.2, 0.25) is 0 Å². The van der Waals surface area contributed by atoms with Gasteiger partial charge in [-0.1, -0.05) is 67.6 Å². The Morgan fingerprint density at radius 1 is 1.00 bits per heavy atom. The van der Waals surface area contributed by atoms with Crippen molar-refractivity contribution in [2.75, 3.05) is 0 Å². The van der Waals surface area contributed by atoms with Crippen LogP contribution in [-0.2, 0) is 6.18 Å². The Balaban J connectivity index is 1.83. The fourth-order valence-electron chi connectivity index (χ4n) is 3.19. The predicted molar refractivity (Wildman–Crippen MR) is 92.7 cm³/mol. The molecule has 0 saturated carbocycles. The van der Waals surface area contributed by atoms with Gasteiger partial charge in [0, 0.05) is 5.41 Å². The number of hydrogen-bond acceptors (Lipinski definition) is 1. The second kappa shape index (κ2) is 6.52. The summed E-state index contributed by atoms with van der Waals surface area (Å²) in [5.74, 6) is 0. The molecule has 4 heteroatoms. The highest BCUT2D eigenvalue weighted by molar-refractivity contribution is 5.69. The quantitative estimate of drug-likeness (QED) is 0.747. The van der Waals surface area contributed by atoms with E-state index in [0.29, 0.717) is 12.0 Å². The van der Waals surface area contributed by atoms with E-state index in [9.17, 15) is 18.3 Å². The van der Waals surface area contributed by atoms with Gasteiger partial charge in [-0.15, -0.1) is 0 Å². The smallest absolute Gasteiger partial charge is 0.388 e. The van der Waals surface area contributed by atoms with Gasteiger partial charge in [-0.05, 0) is 35.3 Å². The first-order valence-corrected chi connectivity index (χ1v) is 8.09. The first-order chi connectivity index (χ1) is 11.8. The van der Waals surface area contributed by atoms with Crippen LogP contribution in [0.1, 0.15) is 36.1 Å². The summed E-state index contributed by atoms with van der Waals surface area (Å²) in [6, 6.07) is 14.6. The minimum absolute atomic E-state index is 0.481. The van der Waals surface area contributed by atoms with Gasteiger partial charge in [0.25, 0.3) is 0 Å². The van der Waals surface area contributed by atoms with Crippen molar-refractivity contribution in [3.05, 3.63) is 89.5 Å². The number of aliphatic hydroxyl groups is 1. The third-order valence-corrected chi connectivity index (χ3v) is 4.67. The summed E-state index contributed by atoms with van der Waals surface area (Å²) in [6.07, 6.45) is 1.17. The first-order valence-electron chi connectivity index (χ1n) is 8.09. The van der Waals surface area contributed by atoms with E-state index in [4.69, 9.17) is 0 Å². The van der Waals surface area contributed by atoms with E-state index in [-0.39, 0.29) is 0 Å². The Kier molecular flexibility index (Phi) is 4.56. The van der Waals surface area contributed by atoms with Crippen molar-refractivity contribution in [2.45, 2.75) is 25.6 Å². The number of alkyl halides is 3. The summed E-state index contributed by atoms with van der Waals surface area (Å²) in [5.41, 5.74) is 1.36. The van der Waals surface area contributed by atoms with Crippen molar-refractivity contribution in [3.63, 3.8) is 0 Å². The minimum atomic E-state index is -4.37. The predicted octanol–water partition coefficient (Wildman–Crippen LogP) is 5.79. The molecule has 1 N–H and O–H groups in total. The number of benzene rings is 2. The maximum atomic E-state index is 12.7. The van der Waals surface area contributed by atoms with Gasteiger partial charge in [-0.2, -0.15) is 13.2 Å². The van der Waals surface area contributed by atoms with E-state index < -0.39 is 23.3 Å². The van der Waals surface area contributed by atoms with E-state index in [1.165, 1.54) is 12.1 Å². The van der Waals surface area contributed by atoms with Crippen LogP contribution in [0.15, 0.2) is 72.8 Å². The molecule has 0 aromatic heterocycles. The molecule has 1 aliphatic carbocycles. The molecule has 0 bridgehead atoms. The molecule has 0 amide bonds. The molecule has 3 rings (SSSR count). The fourth-order valence-corrected chi connectivity index (χ4v) is 3.19. The topological polar surface area (TPSA) is 20.2 Å². The van der Waals surface area contributed by atoms with Crippen LogP contribution < -0.4 is 0 Å². The van der Waals surface area contributed by atoms with Crippen molar-refractivity contribution < 1.29 is 18.3 Å². The second-order valence-corrected chi connectivity index (χ2v) is 6.62. The SMILES string of the molecule is C[C@@]1([C@@H](O)c2ccc(C(F)(F)F)cc2)C=CC=C(c2ccccc2)C1. The summed E-state index contributed by atoms with van der Waals surface area (Å²) in [6.45, 7) is 1.92. The molecule has 0 saturated heterocycles. The lowest BCUT2D eigenvalue weighted by Gasteiger charge is -2.35. The molecule has 130 valence electrons. The molecule has 2 aromatic rings. The molecule has 0 heterocycles. The molecule has 0 spiro atoms. The van der Waals surface area contributed by atoms with Gasteiger partial charge >= 0.3 is 6.18 Å². The minimum Gasteiger partial charge on any atom is -0.388 e. The van der Waals surface area contributed by atoms with E-state index >= 15 is 0 Å². The van der Waals surface area contributed by atoms with Gasteiger partial charge < -0.3 is 5.11 Å². The van der Waals surface area contributed by atoms with Gasteiger partial charge in [-0.3, -0.25) is 0 Å². The van der Waals surface area contributed by atoms with Crippen molar-refractivity contribution in [3.8, 4) is 0 Å². The maximum Gasteiger partial charge on any atom is 0.416 e. The van der Waals surface area contributed by atoms with E-state index in [2.05, 4.69) is 0 Å². The van der Waals surface area contributed by atoms with E-state index in [1.54, 1.807) is 0 Å².